The smallest absolute Gasteiger partial charge is 0.261 e. The third kappa shape index (κ3) is 2.70. The van der Waals surface area contributed by atoms with Gasteiger partial charge in [0.15, 0.2) is 5.78 Å². The van der Waals surface area contributed by atoms with E-state index in [4.69, 9.17) is 0 Å². The number of amides is 1. The van der Waals surface area contributed by atoms with Gasteiger partial charge in [0, 0.05) is 13.5 Å². The average Bonchev–Trinajstić information content (AvgIpc) is 3.03. The highest BCUT2D eigenvalue weighted by molar-refractivity contribution is 6.21. The number of hydrogen-bond acceptors (Lipinski definition) is 4. The molecule has 1 amide bonds. The van der Waals surface area contributed by atoms with Gasteiger partial charge < -0.3 is 15.1 Å². The Kier molecular flexibility index (Phi) is 4.08. The molecule has 0 aromatic rings. The Bertz CT molecular complexity index is 541. The summed E-state index contributed by atoms with van der Waals surface area (Å²) in [4.78, 5) is 25.3. The first kappa shape index (κ1) is 15.3. The zero-order valence-electron chi connectivity index (χ0n) is 12.9. The van der Waals surface area contributed by atoms with E-state index in [0.717, 1.165) is 11.8 Å². The van der Waals surface area contributed by atoms with Gasteiger partial charge in [-0.15, -0.1) is 0 Å². The second-order valence-electron chi connectivity index (χ2n) is 6.75. The lowest BCUT2D eigenvalue weighted by Crippen LogP contribution is -2.34. The first-order chi connectivity index (χ1) is 10.5. The van der Waals surface area contributed by atoms with Crippen LogP contribution in [0.15, 0.2) is 23.5 Å². The fourth-order valence-corrected chi connectivity index (χ4v) is 3.80. The molecule has 0 spiro atoms. The summed E-state index contributed by atoms with van der Waals surface area (Å²) in [5.41, 5.74) is -0.155. The summed E-state index contributed by atoms with van der Waals surface area (Å²) < 4.78 is 0. The number of aliphatic hydroxyl groups excluding tert-OH is 2. The molecule has 120 valence electrons. The summed E-state index contributed by atoms with van der Waals surface area (Å²) in [6.07, 6.45) is 8.99. The van der Waals surface area contributed by atoms with Crippen LogP contribution in [0.2, 0.25) is 0 Å². The van der Waals surface area contributed by atoms with E-state index in [1.807, 2.05) is 6.08 Å². The lowest BCUT2D eigenvalue weighted by Gasteiger charge is -2.17. The number of likely N-dealkylation sites (N-methyl/N-ethyl adjacent to an activating group) is 1. The van der Waals surface area contributed by atoms with E-state index in [-0.39, 0.29) is 30.1 Å². The highest BCUT2D eigenvalue weighted by Gasteiger charge is 2.44. The molecular formula is C17H23NO4. The van der Waals surface area contributed by atoms with E-state index in [1.165, 1.54) is 31.2 Å². The van der Waals surface area contributed by atoms with Crippen LogP contribution in [0, 0.1) is 17.8 Å². The minimum Gasteiger partial charge on any atom is -0.509 e. The van der Waals surface area contributed by atoms with Crippen molar-refractivity contribution in [2.75, 3.05) is 13.7 Å². The van der Waals surface area contributed by atoms with Crippen molar-refractivity contribution in [1.29, 1.82) is 0 Å². The van der Waals surface area contributed by atoms with Gasteiger partial charge in [-0.2, -0.15) is 0 Å². The largest absolute Gasteiger partial charge is 0.509 e. The number of fused-ring (bicyclic) bond motifs is 1. The van der Waals surface area contributed by atoms with Crippen LogP contribution in [0.1, 0.15) is 32.1 Å². The Morgan fingerprint density at radius 1 is 1.32 bits per heavy atom. The van der Waals surface area contributed by atoms with Crippen LogP contribution in [0.5, 0.6) is 0 Å². The van der Waals surface area contributed by atoms with E-state index in [1.54, 1.807) is 0 Å². The summed E-state index contributed by atoms with van der Waals surface area (Å²) in [6, 6.07) is -0.785. The maximum absolute atomic E-state index is 12.1. The van der Waals surface area contributed by atoms with E-state index in [0.29, 0.717) is 12.3 Å². The SMILES string of the molecule is CN1C(=O)C(C(=O)CCC=CC2CC3CC3C2)=C(O)C1CO. The Balaban J connectivity index is 1.52. The summed E-state index contributed by atoms with van der Waals surface area (Å²) in [5.74, 6) is 1.41. The van der Waals surface area contributed by atoms with Gasteiger partial charge in [0.1, 0.15) is 17.4 Å². The van der Waals surface area contributed by atoms with Crippen molar-refractivity contribution < 1.29 is 19.8 Å². The zero-order chi connectivity index (χ0) is 15.9. The molecule has 0 radical (unpaired) electrons. The topological polar surface area (TPSA) is 77.8 Å². The number of carbonyl (C=O) groups excluding carboxylic acids is 2. The van der Waals surface area contributed by atoms with Gasteiger partial charge in [0.2, 0.25) is 0 Å². The van der Waals surface area contributed by atoms with Crippen LogP contribution in [0.25, 0.3) is 0 Å². The summed E-state index contributed by atoms with van der Waals surface area (Å²) in [6.45, 7) is -0.380. The molecule has 2 N–H and O–H groups in total. The van der Waals surface area contributed by atoms with Crippen molar-refractivity contribution >= 4 is 11.7 Å². The second kappa shape index (κ2) is 5.88. The van der Waals surface area contributed by atoms with Crippen LogP contribution in [0.4, 0.5) is 0 Å². The highest BCUT2D eigenvalue weighted by Crippen LogP contribution is 2.54. The molecular weight excluding hydrogens is 282 g/mol. The second-order valence-corrected chi connectivity index (χ2v) is 6.75. The minimum atomic E-state index is -0.785. The lowest BCUT2D eigenvalue weighted by molar-refractivity contribution is -0.128. The third-order valence-electron chi connectivity index (χ3n) is 5.25. The van der Waals surface area contributed by atoms with E-state index < -0.39 is 11.9 Å². The van der Waals surface area contributed by atoms with Crippen molar-refractivity contribution in [2.45, 2.75) is 38.1 Å². The van der Waals surface area contributed by atoms with E-state index >= 15 is 0 Å². The Hall–Kier alpha value is -1.62. The fourth-order valence-electron chi connectivity index (χ4n) is 3.80. The van der Waals surface area contributed by atoms with Gasteiger partial charge in [-0.1, -0.05) is 12.2 Å². The van der Waals surface area contributed by atoms with Gasteiger partial charge in [-0.05, 0) is 43.4 Å². The van der Waals surface area contributed by atoms with Crippen LogP contribution < -0.4 is 0 Å². The number of rotatable bonds is 6. The molecule has 2 saturated carbocycles. The van der Waals surface area contributed by atoms with Crippen molar-refractivity contribution in [3.8, 4) is 0 Å². The van der Waals surface area contributed by atoms with Crippen LogP contribution in [0.3, 0.4) is 0 Å². The maximum Gasteiger partial charge on any atom is 0.261 e. The summed E-state index contributed by atoms with van der Waals surface area (Å²) in [7, 11) is 1.48. The molecule has 3 aliphatic rings. The molecule has 3 unspecified atom stereocenters. The van der Waals surface area contributed by atoms with Crippen molar-refractivity contribution in [2.24, 2.45) is 17.8 Å². The summed E-state index contributed by atoms with van der Waals surface area (Å²) >= 11 is 0. The van der Waals surface area contributed by atoms with Crippen LogP contribution in [-0.4, -0.2) is 46.5 Å². The number of Topliss-reactive ketones (excluding diaryl/α,β-unsaturated/α-hetero) is 1. The molecule has 2 fully saturated rings. The Morgan fingerprint density at radius 2 is 2.00 bits per heavy atom. The minimum absolute atomic E-state index is 0.155. The van der Waals surface area contributed by atoms with Crippen LogP contribution >= 0.6 is 0 Å². The normalized spacial score (nSPS) is 33.9. The molecule has 5 nitrogen and oxygen atoms in total. The molecule has 0 aromatic heterocycles. The number of aliphatic hydroxyl groups is 2. The predicted molar refractivity (Wildman–Crippen MR) is 81.0 cm³/mol. The van der Waals surface area contributed by atoms with Gasteiger partial charge >= 0.3 is 0 Å². The monoisotopic (exact) mass is 305 g/mol. The van der Waals surface area contributed by atoms with E-state index in [2.05, 4.69) is 6.08 Å². The molecule has 2 aliphatic carbocycles. The molecule has 5 heteroatoms. The molecule has 0 saturated heterocycles. The van der Waals surface area contributed by atoms with E-state index in [9.17, 15) is 19.8 Å². The van der Waals surface area contributed by atoms with Crippen molar-refractivity contribution in [3.05, 3.63) is 23.5 Å². The highest BCUT2D eigenvalue weighted by atomic mass is 16.3. The third-order valence-corrected chi connectivity index (χ3v) is 5.25. The average molecular weight is 305 g/mol. The quantitative estimate of drug-likeness (QED) is 0.577. The standard InChI is InChI=1S/C17H23NO4/c1-18-13(9-19)16(21)15(17(18)22)14(20)5-3-2-4-10-6-11-8-12(11)7-10/h2,4,10-13,19,21H,3,5-9H2,1H3. The molecule has 0 bridgehead atoms. The fraction of sp³-hybridized carbons (Fsp3) is 0.647. The maximum atomic E-state index is 12.1. The van der Waals surface area contributed by atoms with Gasteiger partial charge in [0.25, 0.3) is 5.91 Å². The number of ketones is 1. The first-order valence-electron chi connectivity index (χ1n) is 8.04. The predicted octanol–water partition coefficient (Wildman–Crippen LogP) is 1.58. The van der Waals surface area contributed by atoms with Gasteiger partial charge in [-0.25, -0.2) is 0 Å². The van der Waals surface area contributed by atoms with Crippen molar-refractivity contribution in [3.63, 3.8) is 0 Å². The molecule has 22 heavy (non-hydrogen) atoms. The van der Waals surface area contributed by atoms with Gasteiger partial charge in [-0.3, -0.25) is 9.59 Å². The molecule has 3 rings (SSSR count). The first-order valence-corrected chi connectivity index (χ1v) is 8.04. The molecule has 1 heterocycles. The number of nitrogens with zero attached hydrogens (tertiary/aromatic N) is 1. The van der Waals surface area contributed by atoms with Gasteiger partial charge in [0.05, 0.1) is 6.61 Å². The molecule has 3 atom stereocenters. The lowest BCUT2D eigenvalue weighted by atomic mass is 10.0. The summed E-state index contributed by atoms with van der Waals surface area (Å²) in [5, 5.41) is 19.1. The Labute approximate surface area is 130 Å². The number of hydrogen-bond donors (Lipinski definition) is 2. The zero-order valence-corrected chi connectivity index (χ0v) is 12.9. The number of carbonyl (C=O) groups is 2. The molecule has 1 aliphatic heterocycles. The van der Waals surface area contributed by atoms with Crippen molar-refractivity contribution in [1.82, 2.24) is 4.90 Å². The Morgan fingerprint density at radius 3 is 2.59 bits per heavy atom. The molecule has 0 aromatic carbocycles. The van der Waals surface area contributed by atoms with Crippen LogP contribution in [-0.2, 0) is 9.59 Å². The number of allylic oxidation sites excluding steroid dienone is 2.